The number of benzene rings is 2. The number of pyridine rings is 1. The fourth-order valence-corrected chi connectivity index (χ4v) is 3.58. The summed E-state index contributed by atoms with van der Waals surface area (Å²) < 4.78 is 8.43. The molecule has 6 heteroatoms. The number of nitrogens with zero attached hydrogens (tertiary/aromatic N) is 3. The van der Waals surface area contributed by atoms with Crippen LogP contribution in [0.2, 0.25) is 5.02 Å². The number of hydrogen-bond acceptors (Lipinski definition) is 3. The highest BCUT2D eigenvalue weighted by Gasteiger charge is 2.18. The van der Waals surface area contributed by atoms with E-state index in [1.807, 2.05) is 54.6 Å². The van der Waals surface area contributed by atoms with Crippen molar-refractivity contribution in [2.75, 3.05) is 7.11 Å². The lowest BCUT2D eigenvalue weighted by molar-refractivity contribution is 0.415. The number of rotatable bonds is 5. The minimum Gasteiger partial charge on any atom is -0.497 e. The third-order valence-electron chi connectivity index (χ3n) is 4.83. The summed E-state index contributed by atoms with van der Waals surface area (Å²) in [5, 5.41) is 5.34. The predicted octanol–water partition coefficient (Wildman–Crippen LogP) is 5.78. The summed E-state index contributed by atoms with van der Waals surface area (Å²) in [6.45, 7) is 4.71. The summed E-state index contributed by atoms with van der Waals surface area (Å²) >= 11 is 6.11. The average Bonchev–Trinajstić information content (AvgIpc) is 3.03. The molecule has 30 heavy (non-hydrogen) atoms. The molecule has 0 aliphatic rings. The van der Waals surface area contributed by atoms with Crippen molar-refractivity contribution in [2.24, 2.45) is 5.92 Å². The van der Waals surface area contributed by atoms with Gasteiger partial charge >= 0.3 is 5.69 Å². The molecule has 0 atom stereocenters. The first kappa shape index (κ1) is 21.7. The molecule has 0 N–H and O–H groups in total. The topological polar surface area (TPSA) is 48.5 Å². The number of aromatic nitrogens is 3. The van der Waals surface area contributed by atoms with Gasteiger partial charge in [-0.25, -0.2) is 13.9 Å². The molecule has 0 aliphatic heterocycles. The van der Waals surface area contributed by atoms with Crippen molar-refractivity contribution in [2.45, 2.75) is 27.8 Å². The molecule has 0 bridgehead atoms. The standard InChI is InChI=1S/C23H22ClN3O2.CH4/c1-15(2)14-27-23(28)26-13-12-20(16-6-10-19(29-3)11-7-16)21(22(26)25-27)17-4-8-18(24)9-5-17;/h4-13,15H,14H2,1-3H3;1H4. The van der Waals surface area contributed by atoms with Gasteiger partial charge in [0.05, 0.1) is 7.11 Å². The van der Waals surface area contributed by atoms with E-state index in [4.69, 9.17) is 16.3 Å². The minimum atomic E-state index is -0.134. The maximum atomic E-state index is 12.9. The van der Waals surface area contributed by atoms with Gasteiger partial charge in [-0.05, 0) is 52.9 Å². The molecule has 2 aromatic heterocycles. The normalized spacial score (nSPS) is 11.0. The fourth-order valence-electron chi connectivity index (χ4n) is 3.46. The zero-order valence-corrected chi connectivity index (χ0v) is 17.3. The Bertz CT molecular complexity index is 1210. The Morgan fingerprint density at radius 3 is 2.23 bits per heavy atom. The van der Waals surface area contributed by atoms with Gasteiger partial charge in [0.25, 0.3) is 0 Å². The van der Waals surface area contributed by atoms with Crippen molar-refractivity contribution in [1.82, 2.24) is 14.2 Å². The molecule has 0 spiro atoms. The van der Waals surface area contributed by atoms with Gasteiger partial charge in [0, 0.05) is 23.3 Å². The van der Waals surface area contributed by atoms with Gasteiger partial charge in [0.1, 0.15) is 5.75 Å². The summed E-state index contributed by atoms with van der Waals surface area (Å²) in [7, 11) is 1.65. The molecule has 0 radical (unpaired) electrons. The fraction of sp³-hybridized carbons (Fsp3) is 0.250. The Morgan fingerprint density at radius 1 is 1.00 bits per heavy atom. The molecule has 0 fully saturated rings. The van der Waals surface area contributed by atoms with Crippen molar-refractivity contribution < 1.29 is 4.74 Å². The Kier molecular flexibility index (Phi) is 6.32. The van der Waals surface area contributed by atoms with E-state index in [-0.39, 0.29) is 13.1 Å². The Morgan fingerprint density at radius 2 is 1.63 bits per heavy atom. The van der Waals surface area contributed by atoms with Crippen molar-refractivity contribution in [3.63, 3.8) is 0 Å². The highest BCUT2D eigenvalue weighted by atomic mass is 35.5. The number of hydrogen-bond donors (Lipinski definition) is 0. The second-order valence-electron chi connectivity index (χ2n) is 7.39. The summed E-state index contributed by atoms with van der Waals surface area (Å²) in [6.07, 6.45) is 1.79. The molecular weight excluding hydrogens is 398 g/mol. The number of fused-ring (bicyclic) bond motifs is 1. The van der Waals surface area contributed by atoms with Gasteiger partial charge in [0.2, 0.25) is 0 Å². The molecule has 156 valence electrons. The largest absolute Gasteiger partial charge is 0.497 e. The molecule has 0 unspecified atom stereocenters. The molecule has 2 aromatic carbocycles. The van der Waals surface area contributed by atoms with Gasteiger partial charge < -0.3 is 4.74 Å². The van der Waals surface area contributed by atoms with E-state index in [9.17, 15) is 4.79 Å². The van der Waals surface area contributed by atoms with Gasteiger partial charge in [-0.2, -0.15) is 0 Å². The van der Waals surface area contributed by atoms with Crippen molar-refractivity contribution >= 4 is 17.2 Å². The second kappa shape index (κ2) is 8.76. The molecule has 0 aliphatic carbocycles. The predicted molar refractivity (Wildman–Crippen MR) is 123 cm³/mol. The van der Waals surface area contributed by atoms with Crippen LogP contribution in [0.15, 0.2) is 65.6 Å². The molecule has 0 saturated heterocycles. The maximum absolute atomic E-state index is 12.9. The number of ether oxygens (including phenoxy) is 1. The van der Waals surface area contributed by atoms with Crippen LogP contribution in [0.3, 0.4) is 0 Å². The maximum Gasteiger partial charge on any atom is 0.350 e. The van der Waals surface area contributed by atoms with Crippen LogP contribution in [0.4, 0.5) is 0 Å². The number of halogens is 1. The summed E-state index contributed by atoms with van der Waals surface area (Å²) in [6, 6.07) is 17.4. The van der Waals surface area contributed by atoms with Gasteiger partial charge in [-0.3, -0.25) is 0 Å². The summed E-state index contributed by atoms with van der Waals surface area (Å²) in [4.78, 5) is 12.9. The molecular formula is C24H26ClN3O2. The highest BCUT2D eigenvalue weighted by molar-refractivity contribution is 6.30. The molecule has 0 saturated carbocycles. The zero-order valence-electron chi connectivity index (χ0n) is 16.6. The molecule has 4 aromatic rings. The van der Waals surface area contributed by atoms with Crippen LogP contribution in [0.25, 0.3) is 27.9 Å². The van der Waals surface area contributed by atoms with Crippen LogP contribution in [-0.4, -0.2) is 21.3 Å². The smallest absolute Gasteiger partial charge is 0.350 e. The van der Waals surface area contributed by atoms with Crippen LogP contribution < -0.4 is 10.4 Å². The van der Waals surface area contributed by atoms with Crippen molar-refractivity contribution in [3.8, 4) is 28.0 Å². The first-order valence-corrected chi connectivity index (χ1v) is 9.88. The van der Waals surface area contributed by atoms with Crippen LogP contribution in [-0.2, 0) is 6.54 Å². The van der Waals surface area contributed by atoms with Gasteiger partial charge in [0.15, 0.2) is 5.65 Å². The van der Waals surface area contributed by atoms with Crippen LogP contribution in [0, 0.1) is 5.92 Å². The number of methoxy groups -OCH3 is 1. The molecule has 0 amide bonds. The lowest BCUT2D eigenvalue weighted by atomic mass is 9.96. The summed E-state index contributed by atoms with van der Waals surface area (Å²) in [5.41, 5.74) is 4.35. The van der Waals surface area contributed by atoms with E-state index in [1.54, 1.807) is 17.7 Å². The van der Waals surface area contributed by atoms with E-state index in [1.165, 1.54) is 4.68 Å². The summed E-state index contributed by atoms with van der Waals surface area (Å²) in [5.74, 6) is 1.11. The van der Waals surface area contributed by atoms with Crippen molar-refractivity contribution in [3.05, 3.63) is 76.3 Å². The highest BCUT2D eigenvalue weighted by Crippen LogP contribution is 2.35. The van der Waals surface area contributed by atoms with Gasteiger partial charge in [-0.1, -0.05) is 57.1 Å². The van der Waals surface area contributed by atoms with Crippen LogP contribution in [0.5, 0.6) is 5.75 Å². The van der Waals surface area contributed by atoms with E-state index < -0.39 is 0 Å². The molecule has 2 heterocycles. The monoisotopic (exact) mass is 423 g/mol. The Balaban J connectivity index is 0.00000256. The van der Waals surface area contributed by atoms with E-state index >= 15 is 0 Å². The SMILES string of the molecule is C.COc1ccc(-c2ccn3c(=O)n(CC(C)C)nc3c2-c2ccc(Cl)cc2)cc1. The van der Waals surface area contributed by atoms with Crippen molar-refractivity contribution in [1.29, 1.82) is 0 Å². The lowest BCUT2D eigenvalue weighted by Crippen LogP contribution is -2.23. The van der Waals surface area contributed by atoms with E-state index in [0.717, 1.165) is 28.0 Å². The van der Waals surface area contributed by atoms with Gasteiger partial charge in [-0.15, -0.1) is 5.10 Å². The lowest BCUT2D eigenvalue weighted by Gasteiger charge is -2.12. The van der Waals surface area contributed by atoms with Crippen LogP contribution >= 0.6 is 11.6 Å². The third-order valence-corrected chi connectivity index (χ3v) is 5.08. The Labute approximate surface area is 181 Å². The average molecular weight is 424 g/mol. The minimum absolute atomic E-state index is 0. The van der Waals surface area contributed by atoms with E-state index in [2.05, 4.69) is 18.9 Å². The molecule has 4 rings (SSSR count). The Hall–Kier alpha value is -3.05. The zero-order chi connectivity index (χ0) is 20.5. The van der Waals surface area contributed by atoms with E-state index in [0.29, 0.717) is 23.1 Å². The first-order valence-electron chi connectivity index (χ1n) is 9.50. The quantitative estimate of drug-likeness (QED) is 0.408. The second-order valence-corrected chi connectivity index (χ2v) is 7.83. The first-order chi connectivity index (χ1) is 14.0. The molecule has 5 nitrogen and oxygen atoms in total. The van der Waals surface area contributed by atoms with Crippen LogP contribution in [0.1, 0.15) is 21.3 Å². The third kappa shape index (κ3) is 3.98.